The van der Waals surface area contributed by atoms with E-state index in [1.165, 1.54) is 12.1 Å². The number of non-ortho nitro benzene ring substituents is 1. The van der Waals surface area contributed by atoms with E-state index in [4.69, 9.17) is 0 Å². The van der Waals surface area contributed by atoms with Gasteiger partial charge < -0.3 is 5.32 Å². The average molecular weight is 316 g/mol. The van der Waals surface area contributed by atoms with E-state index in [1.807, 2.05) is 0 Å². The number of rotatable bonds is 3. The van der Waals surface area contributed by atoms with Crippen molar-refractivity contribution < 1.29 is 4.92 Å². The van der Waals surface area contributed by atoms with Gasteiger partial charge in [0.25, 0.3) is 5.69 Å². The first-order valence-corrected chi connectivity index (χ1v) is 6.97. The number of halogens is 1. The fourth-order valence-electron chi connectivity index (χ4n) is 1.39. The predicted molar refractivity (Wildman–Crippen MR) is 74.2 cm³/mol. The Morgan fingerprint density at radius 1 is 1.65 bits per heavy atom. The lowest BCUT2D eigenvalue weighted by atomic mass is 10.3. The molecular weight excluding hydrogens is 306 g/mol. The molecule has 7 heteroatoms. The van der Waals surface area contributed by atoms with Gasteiger partial charge >= 0.3 is 0 Å². The van der Waals surface area contributed by atoms with Gasteiger partial charge in [-0.1, -0.05) is 33.8 Å². The quantitative estimate of drug-likeness (QED) is 0.529. The first kappa shape index (κ1) is 12.4. The van der Waals surface area contributed by atoms with E-state index in [9.17, 15) is 10.1 Å². The molecule has 1 heterocycles. The van der Waals surface area contributed by atoms with Crippen LogP contribution in [0.3, 0.4) is 0 Å². The summed E-state index contributed by atoms with van der Waals surface area (Å²) >= 11 is 5.05. The van der Waals surface area contributed by atoms with Crippen molar-refractivity contribution in [1.82, 2.24) is 0 Å². The van der Waals surface area contributed by atoms with Crippen LogP contribution in [0.1, 0.15) is 0 Å². The van der Waals surface area contributed by atoms with Crippen molar-refractivity contribution in [3.05, 3.63) is 34.4 Å². The summed E-state index contributed by atoms with van der Waals surface area (Å²) < 4.78 is 0. The van der Waals surface area contributed by atoms with Gasteiger partial charge in [0.15, 0.2) is 5.17 Å². The summed E-state index contributed by atoms with van der Waals surface area (Å²) in [5.41, 5.74) is 0.774. The van der Waals surface area contributed by atoms with Crippen LogP contribution in [0.5, 0.6) is 0 Å². The van der Waals surface area contributed by atoms with Crippen molar-refractivity contribution in [2.45, 2.75) is 5.25 Å². The number of nitrogens with one attached hydrogen (secondary N) is 1. The number of hydrogen-bond donors (Lipinski definition) is 1. The molecule has 0 aromatic heterocycles. The second kappa shape index (κ2) is 5.50. The summed E-state index contributed by atoms with van der Waals surface area (Å²) in [7, 11) is 0. The molecule has 2 rings (SSSR count). The number of hydrogen-bond acceptors (Lipinski definition) is 5. The van der Waals surface area contributed by atoms with E-state index in [1.54, 1.807) is 23.9 Å². The van der Waals surface area contributed by atoms with Crippen LogP contribution in [0.25, 0.3) is 0 Å². The Hall–Kier alpha value is -1.08. The molecule has 1 aromatic carbocycles. The fraction of sp³-hybridized carbons (Fsp3) is 0.300. The molecule has 0 spiro atoms. The van der Waals surface area contributed by atoms with E-state index in [2.05, 4.69) is 26.2 Å². The van der Waals surface area contributed by atoms with Crippen LogP contribution in [-0.4, -0.2) is 27.2 Å². The minimum Gasteiger partial charge on any atom is -0.335 e. The lowest BCUT2D eigenvalue weighted by molar-refractivity contribution is -0.384. The van der Waals surface area contributed by atoms with Crippen molar-refractivity contribution >= 4 is 44.2 Å². The summed E-state index contributed by atoms with van der Waals surface area (Å²) in [5, 5.41) is 15.9. The first-order valence-electron chi connectivity index (χ1n) is 4.97. The summed E-state index contributed by atoms with van der Waals surface area (Å²) in [6.07, 6.45) is 0. The Labute approximate surface area is 111 Å². The Kier molecular flexibility index (Phi) is 4.01. The highest BCUT2D eigenvalue weighted by molar-refractivity contribution is 9.09. The minimum absolute atomic E-state index is 0.0793. The SMILES string of the molecule is O=[N+]([O-])c1cccc(NC2=NC[C@H](CBr)S2)c1. The number of alkyl halides is 1. The van der Waals surface area contributed by atoms with Crippen LogP contribution in [0.15, 0.2) is 29.3 Å². The van der Waals surface area contributed by atoms with Gasteiger partial charge in [-0.05, 0) is 6.07 Å². The summed E-state index contributed by atoms with van der Waals surface area (Å²) in [4.78, 5) is 14.5. The van der Waals surface area contributed by atoms with Crippen LogP contribution in [0.4, 0.5) is 11.4 Å². The summed E-state index contributed by atoms with van der Waals surface area (Å²) in [6, 6.07) is 6.42. The molecule has 90 valence electrons. The van der Waals surface area contributed by atoms with E-state index in [-0.39, 0.29) is 5.69 Å². The summed E-state index contributed by atoms with van der Waals surface area (Å²) in [5.74, 6) is 0. The van der Waals surface area contributed by atoms with Gasteiger partial charge in [-0.3, -0.25) is 15.1 Å². The smallest absolute Gasteiger partial charge is 0.271 e. The van der Waals surface area contributed by atoms with Crippen LogP contribution < -0.4 is 5.32 Å². The zero-order valence-electron chi connectivity index (χ0n) is 8.80. The molecule has 1 atom stereocenters. The molecule has 0 saturated carbocycles. The van der Waals surface area contributed by atoms with Crippen molar-refractivity contribution in [2.24, 2.45) is 4.99 Å². The van der Waals surface area contributed by atoms with Gasteiger partial charge in [-0.2, -0.15) is 0 Å². The average Bonchev–Trinajstić information content (AvgIpc) is 2.77. The van der Waals surface area contributed by atoms with Crippen LogP contribution in [-0.2, 0) is 0 Å². The largest absolute Gasteiger partial charge is 0.335 e. The van der Waals surface area contributed by atoms with Crippen molar-refractivity contribution in [3.63, 3.8) is 0 Å². The Morgan fingerprint density at radius 3 is 3.12 bits per heavy atom. The third-order valence-corrected chi connectivity index (χ3v) is 4.51. The molecule has 1 N–H and O–H groups in total. The number of benzene rings is 1. The molecule has 0 unspecified atom stereocenters. The van der Waals surface area contributed by atoms with E-state index < -0.39 is 4.92 Å². The Bertz CT molecular complexity index is 467. The summed E-state index contributed by atoms with van der Waals surface area (Å²) in [6.45, 7) is 0.771. The molecule has 17 heavy (non-hydrogen) atoms. The predicted octanol–water partition coefficient (Wildman–Crippen LogP) is 2.87. The normalized spacial score (nSPS) is 18.9. The molecule has 0 fully saturated rings. The monoisotopic (exact) mass is 315 g/mol. The number of amidine groups is 1. The van der Waals surface area contributed by atoms with Gasteiger partial charge in [-0.15, -0.1) is 0 Å². The molecule has 0 aliphatic carbocycles. The van der Waals surface area contributed by atoms with E-state index in [0.29, 0.717) is 10.9 Å². The molecule has 1 aliphatic rings. The van der Waals surface area contributed by atoms with Crippen molar-refractivity contribution in [2.75, 3.05) is 17.2 Å². The van der Waals surface area contributed by atoms with Gasteiger partial charge in [0, 0.05) is 28.4 Å². The highest BCUT2D eigenvalue weighted by Crippen LogP contribution is 2.25. The first-order chi connectivity index (χ1) is 8.19. The number of nitro benzene ring substituents is 1. The van der Waals surface area contributed by atoms with Crippen LogP contribution in [0.2, 0.25) is 0 Å². The lowest BCUT2D eigenvalue weighted by Gasteiger charge is -2.06. The third-order valence-electron chi connectivity index (χ3n) is 2.20. The van der Waals surface area contributed by atoms with Crippen LogP contribution in [0, 0.1) is 10.1 Å². The third kappa shape index (κ3) is 3.19. The van der Waals surface area contributed by atoms with Gasteiger partial charge in [0.2, 0.25) is 0 Å². The lowest BCUT2D eigenvalue weighted by Crippen LogP contribution is -2.08. The highest BCUT2D eigenvalue weighted by atomic mass is 79.9. The second-order valence-corrected chi connectivity index (χ2v) is 5.41. The number of aliphatic imine (C=N–C) groups is 1. The molecule has 1 aromatic rings. The fourth-order valence-corrected chi connectivity index (χ4v) is 2.84. The minimum atomic E-state index is -0.407. The van der Waals surface area contributed by atoms with Gasteiger partial charge in [-0.25, -0.2) is 0 Å². The number of anilines is 1. The molecule has 5 nitrogen and oxygen atoms in total. The Morgan fingerprint density at radius 2 is 2.47 bits per heavy atom. The molecular formula is C10H10BrN3O2S. The van der Waals surface area contributed by atoms with Crippen molar-refractivity contribution in [1.29, 1.82) is 0 Å². The number of thioether (sulfide) groups is 1. The molecule has 1 aliphatic heterocycles. The van der Waals surface area contributed by atoms with E-state index >= 15 is 0 Å². The maximum atomic E-state index is 10.6. The van der Waals surface area contributed by atoms with Crippen molar-refractivity contribution in [3.8, 4) is 0 Å². The van der Waals surface area contributed by atoms with Crippen LogP contribution >= 0.6 is 27.7 Å². The van der Waals surface area contributed by atoms with Gasteiger partial charge in [0.05, 0.1) is 11.5 Å². The highest BCUT2D eigenvalue weighted by Gasteiger charge is 2.18. The molecule has 0 radical (unpaired) electrons. The Balaban J connectivity index is 2.04. The maximum absolute atomic E-state index is 10.6. The molecule has 0 amide bonds. The second-order valence-electron chi connectivity index (χ2n) is 3.47. The molecule has 0 bridgehead atoms. The van der Waals surface area contributed by atoms with E-state index in [0.717, 1.165) is 17.0 Å². The van der Waals surface area contributed by atoms with Gasteiger partial charge in [0.1, 0.15) is 0 Å². The zero-order chi connectivity index (χ0) is 12.3. The zero-order valence-corrected chi connectivity index (χ0v) is 11.2. The standard InChI is InChI=1S/C10H10BrN3O2S/c11-5-9-6-12-10(17-9)13-7-2-1-3-8(4-7)14(15)16/h1-4,9H,5-6H2,(H,12,13)/t9-/m0/s1. The topological polar surface area (TPSA) is 67.5 Å². The molecule has 0 saturated heterocycles. The maximum Gasteiger partial charge on any atom is 0.271 e. The number of nitro groups is 1. The number of nitrogens with zero attached hydrogens (tertiary/aromatic N) is 2.